The van der Waals surface area contributed by atoms with Crippen LogP contribution in [0.25, 0.3) is 0 Å². The van der Waals surface area contributed by atoms with E-state index in [4.69, 9.17) is 16.3 Å². The summed E-state index contributed by atoms with van der Waals surface area (Å²) in [6, 6.07) is 13.9. The van der Waals surface area contributed by atoms with Crippen molar-refractivity contribution < 1.29 is 13.9 Å². The summed E-state index contributed by atoms with van der Waals surface area (Å²) in [5.41, 5.74) is -0.274. The molecule has 1 fully saturated rings. The average molecular weight is 408 g/mol. The van der Waals surface area contributed by atoms with Gasteiger partial charge in [0, 0.05) is 34.7 Å². The topological polar surface area (TPSA) is 29.5 Å². The standard InChI is InChI=1S/C21H23ClFNO2S/c1-21(2,26-16-9-7-15(22)8-10-16)20(25)24-12-11-19(27-14-13-24)17-5-3-4-6-18(17)23/h3-10,19H,11-14H2,1-2H3. The maximum atomic E-state index is 14.1. The second-order valence-corrected chi connectivity index (χ2v) is 8.78. The smallest absolute Gasteiger partial charge is 0.266 e. The van der Waals surface area contributed by atoms with Crippen LogP contribution in [0.15, 0.2) is 48.5 Å². The summed E-state index contributed by atoms with van der Waals surface area (Å²) in [6.45, 7) is 4.76. The van der Waals surface area contributed by atoms with Crippen molar-refractivity contribution in [1.29, 1.82) is 0 Å². The molecule has 1 unspecified atom stereocenters. The van der Waals surface area contributed by atoms with Gasteiger partial charge in [-0.25, -0.2) is 4.39 Å². The molecule has 6 heteroatoms. The van der Waals surface area contributed by atoms with Crippen LogP contribution in [0.1, 0.15) is 31.1 Å². The van der Waals surface area contributed by atoms with Crippen LogP contribution in [0.4, 0.5) is 4.39 Å². The Hall–Kier alpha value is -1.72. The highest BCUT2D eigenvalue weighted by molar-refractivity contribution is 7.99. The molecule has 1 saturated heterocycles. The van der Waals surface area contributed by atoms with Gasteiger partial charge in [0.15, 0.2) is 5.60 Å². The highest BCUT2D eigenvalue weighted by Crippen LogP contribution is 2.36. The number of halogens is 2. The van der Waals surface area contributed by atoms with Gasteiger partial charge >= 0.3 is 0 Å². The molecular weight excluding hydrogens is 385 g/mol. The molecule has 144 valence electrons. The minimum Gasteiger partial charge on any atom is -0.478 e. The predicted molar refractivity (Wildman–Crippen MR) is 109 cm³/mol. The van der Waals surface area contributed by atoms with Crippen molar-refractivity contribution in [2.75, 3.05) is 18.8 Å². The Labute approximate surface area is 168 Å². The van der Waals surface area contributed by atoms with Crippen LogP contribution in [0.5, 0.6) is 5.75 Å². The van der Waals surface area contributed by atoms with Crippen molar-refractivity contribution in [3.05, 3.63) is 64.9 Å². The fraction of sp³-hybridized carbons (Fsp3) is 0.381. The summed E-state index contributed by atoms with van der Waals surface area (Å²) < 4.78 is 20.0. The fourth-order valence-electron chi connectivity index (χ4n) is 3.18. The quantitative estimate of drug-likeness (QED) is 0.684. The Balaban J connectivity index is 1.66. The van der Waals surface area contributed by atoms with Gasteiger partial charge in [-0.1, -0.05) is 29.8 Å². The first-order valence-corrected chi connectivity index (χ1v) is 10.4. The molecule has 3 rings (SSSR count). The van der Waals surface area contributed by atoms with E-state index in [0.29, 0.717) is 35.8 Å². The Morgan fingerprint density at radius 2 is 1.89 bits per heavy atom. The number of rotatable bonds is 4. The fourth-order valence-corrected chi connectivity index (χ4v) is 4.56. The number of hydrogen-bond acceptors (Lipinski definition) is 3. The lowest BCUT2D eigenvalue weighted by molar-refractivity contribution is -0.145. The third kappa shape index (κ3) is 4.96. The van der Waals surface area contributed by atoms with Crippen molar-refractivity contribution >= 4 is 29.3 Å². The van der Waals surface area contributed by atoms with Gasteiger partial charge in [-0.2, -0.15) is 11.8 Å². The first kappa shape index (κ1) is 20.0. The molecule has 3 nitrogen and oxygen atoms in total. The first-order chi connectivity index (χ1) is 12.9. The lowest BCUT2D eigenvalue weighted by Crippen LogP contribution is -2.49. The number of amides is 1. The highest BCUT2D eigenvalue weighted by Gasteiger charge is 2.35. The summed E-state index contributed by atoms with van der Waals surface area (Å²) in [7, 11) is 0. The first-order valence-electron chi connectivity index (χ1n) is 8.97. The molecule has 0 radical (unpaired) electrons. The Bertz CT molecular complexity index is 797. The van der Waals surface area contributed by atoms with Crippen LogP contribution < -0.4 is 4.74 Å². The molecule has 0 saturated carbocycles. The molecule has 1 aliphatic heterocycles. The van der Waals surface area contributed by atoms with Crippen molar-refractivity contribution in [2.45, 2.75) is 31.1 Å². The van der Waals surface area contributed by atoms with E-state index in [1.807, 2.05) is 17.0 Å². The summed E-state index contributed by atoms with van der Waals surface area (Å²) in [6.07, 6.45) is 0.717. The van der Waals surface area contributed by atoms with Crippen LogP contribution in [-0.4, -0.2) is 35.3 Å². The highest BCUT2D eigenvalue weighted by atomic mass is 35.5. The van der Waals surface area contributed by atoms with Crippen LogP contribution in [0.2, 0.25) is 5.02 Å². The molecule has 1 amide bonds. The summed E-state index contributed by atoms with van der Waals surface area (Å²) in [5.74, 6) is 1.13. The van der Waals surface area contributed by atoms with E-state index in [9.17, 15) is 9.18 Å². The van der Waals surface area contributed by atoms with E-state index in [2.05, 4.69) is 0 Å². The lowest BCUT2D eigenvalue weighted by Gasteiger charge is -2.31. The Morgan fingerprint density at radius 1 is 1.19 bits per heavy atom. The van der Waals surface area contributed by atoms with Crippen LogP contribution >= 0.6 is 23.4 Å². The number of nitrogens with zero attached hydrogens (tertiary/aromatic N) is 1. The zero-order chi connectivity index (χ0) is 19.4. The number of thioether (sulfide) groups is 1. The zero-order valence-electron chi connectivity index (χ0n) is 15.5. The number of carbonyl (C=O) groups is 1. The van der Waals surface area contributed by atoms with Gasteiger partial charge in [0.05, 0.1) is 0 Å². The second kappa shape index (κ2) is 8.53. The lowest BCUT2D eigenvalue weighted by atomic mass is 10.1. The Kier molecular flexibility index (Phi) is 6.33. The van der Waals surface area contributed by atoms with E-state index >= 15 is 0 Å². The van der Waals surface area contributed by atoms with Gasteiger partial charge in [-0.05, 0) is 50.6 Å². The molecule has 0 aliphatic carbocycles. The summed E-state index contributed by atoms with van der Waals surface area (Å²) >= 11 is 7.60. The van der Waals surface area contributed by atoms with Gasteiger partial charge < -0.3 is 9.64 Å². The van der Waals surface area contributed by atoms with Gasteiger partial charge in [0.25, 0.3) is 5.91 Å². The van der Waals surface area contributed by atoms with Crippen molar-refractivity contribution in [1.82, 2.24) is 4.90 Å². The van der Waals surface area contributed by atoms with Gasteiger partial charge in [-0.15, -0.1) is 0 Å². The summed E-state index contributed by atoms with van der Waals surface area (Å²) in [4.78, 5) is 14.9. The van der Waals surface area contributed by atoms with Crippen LogP contribution in [0, 0.1) is 5.82 Å². The third-order valence-electron chi connectivity index (χ3n) is 4.58. The van der Waals surface area contributed by atoms with E-state index in [0.717, 1.165) is 5.75 Å². The van der Waals surface area contributed by atoms with Gasteiger partial charge in [-0.3, -0.25) is 4.79 Å². The van der Waals surface area contributed by atoms with Crippen LogP contribution in [-0.2, 0) is 4.79 Å². The number of carbonyl (C=O) groups excluding carboxylic acids is 1. The normalized spacial score (nSPS) is 18.1. The molecule has 2 aromatic carbocycles. The molecule has 0 bridgehead atoms. The maximum absolute atomic E-state index is 14.1. The average Bonchev–Trinajstić information content (AvgIpc) is 2.89. The van der Waals surface area contributed by atoms with E-state index < -0.39 is 5.60 Å². The molecular formula is C21H23ClFNO2S. The van der Waals surface area contributed by atoms with Gasteiger partial charge in [0.2, 0.25) is 0 Å². The van der Waals surface area contributed by atoms with Crippen molar-refractivity contribution in [3.8, 4) is 5.75 Å². The zero-order valence-corrected chi connectivity index (χ0v) is 17.0. The molecule has 27 heavy (non-hydrogen) atoms. The van der Waals surface area contributed by atoms with E-state index in [-0.39, 0.29) is 17.0 Å². The van der Waals surface area contributed by atoms with Crippen LogP contribution in [0.3, 0.4) is 0 Å². The van der Waals surface area contributed by atoms with E-state index in [1.54, 1.807) is 55.9 Å². The largest absolute Gasteiger partial charge is 0.478 e. The SMILES string of the molecule is CC(C)(Oc1ccc(Cl)cc1)C(=O)N1CCSC(c2ccccc2F)CC1. The number of benzene rings is 2. The molecule has 0 spiro atoms. The number of ether oxygens (including phenoxy) is 1. The third-order valence-corrected chi connectivity index (χ3v) is 6.14. The second-order valence-electron chi connectivity index (χ2n) is 7.03. The maximum Gasteiger partial charge on any atom is 0.266 e. The van der Waals surface area contributed by atoms with Crippen molar-refractivity contribution in [3.63, 3.8) is 0 Å². The molecule has 0 N–H and O–H groups in total. The monoisotopic (exact) mass is 407 g/mol. The molecule has 0 aromatic heterocycles. The van der Waals surface area contributed by atoms with Crippen molar-refractivity contribution in [2.24, 2.45) is 0 Å². The Morgan fingerprint density at radius 3 is 2.59 bits per heavy atom. The summed E-state index contributed by atoms with van der Waals surface area (Å²) in [5, 5.41) is 0.680. The minimum absolute atomic E-state index is 0.0595. The minimum atomic E-state index is -0.990. The number of hydrogen-bond donors (Lipinski definition) is 0. The molecule has 2 aromatic rings. The molecule has 1 atom stereocenters. The van der Waals surface area contributed by atoms with Gasteiger partial charge in [0.1, 0.15) is 11.6 Å². The molecule has 1 heterocycles. The predicted octanol–water partition coefficient (Wildman–Crippen LogP) is 5.34. The molecule has 1 aliphatic rings. The van der Waals surface area contributed by atoms with E-state index in [1.165, 1.54) is 6.07 Å².